The van der Waals surface area contributed by atoms with E-state index in [2.05, 4.69) is 10.1 Å². The number of imidazole rings is 1. The predicted molar refractivity (Wildman–Crippen MR) is 56.9 cm³/mol. The fourth-order valence-corrected chi connectivity index (χ4v) is 1.45. The zero-order valence-corrected chi connectivity index (χ0v) is 8.72. The Morgan fingerprint density at radius 2 is 2.24 bits per heavy atom. The minimum atomic E-state index is -0.766. The quantitative estimate of drug-likeness (QED) is 0.504. The van der Waals surface area contributed by atoms with Crippen molar-refractivity contribution in [2.75, 3.05) is 0 Å². The molecule has 88 valence electrons. The van der Waals surface area contributed by atoms with E-state index in [-0.39, 0.29) is 17.8 Å². The Balaban J connectivity index is 2.30. The topological polar surface area (TPSA) is 50.4 Å². The van der Waals surface area contributed by atoms with Gasteiger partial charge in [0.15, 0.2) is 0 Å². The normalized spacial score (nSPS) is 11.8. The molecule has 0 bridgehead atoms. The molecule has 0 atom stereocenters. The third-order valence-electron chi connectivity index (χ3n) is 2.25. The lowest BCUT2D eigenvalue weighted by Gasteiger charge is -2.06. The fourth-order valence-electron chi connectivity index (χ4n) is 1.45. The van der Waals surface area contributed by atoms with E-state index in [0.29, 0.717) is 0 Å². The van der Waals surface area contributed by atoms with E-state index >= 15 is 0 Å². The van der Waals surface area contributed by atoms with Gasteiger partial charge in [0.2, 0.25) is 0 Å². The molecule has 0 aliphatic rings. The molecule has 1 aromatic carbocycles. The van der Waals surface area contributed by atoms with Gasteiger partial charge in [-0.05, 0) is 12.1 Å². The summed E-state index contributed by atoms with van der Waals surface area (Å²) in [5, 5.41) is 11.9. The summed E-state index contributed by atoms with van der Waals surface area (Å²) in [7, 11) is 0. The van der Waals surface area contributed by atoms with Crippen molar-refractivity contribution in [2.45, 2.75) is 6.54 Å². The molecule has 17 heavy (non-hydrogen) atoms. The Bertz CT molecular complexity index is 538. The van der Waals surface area contributed by atoms with Gasteiger partial charge in [-0.3, -0.25) is 0 Å². The Hall–Kier alpha value is -2.24. The molecule has 0 spiro atoms. The number of halogens is 2. The minimum Gasteiger partial charge on any atom is -0.411 e. The second-order valence-electron chi connectivity index (χ2n) is 3.41. The van der Waals surface area contributed by atoms with Crippen molar-refractivity contribution in [2.24, 2.45) is 5.16 Å². The first-order valence-electron chi connectivity index (χ1n) is 4.83. The maximum absolute atomic E-state index is 13.5. The van der Waals surface area contributed by atoms with E-state index in [1.807, 2.05) is 0 Å². The highest BCUT2D eigenvalue weighted by Crippen LogP contribution is 2.11. The van der Waals surface area contributed by atoms with Gasteiger partial charge in [-0.1, -0.05) is 5.16 Å². The SMILES string of the molecule is ON=C(Cn1ccnc1)c1ccc(F)cc1F. The molecular formula is C11H9F2N3O. The van der Waals surface area contributed by atoms with Crippen LogP contribution in [-0.4, -0.2) is 20.5 Å². The van der Waals surface area contributed by atoms with Gasteiger partial charge in [-0.2, -0.15) is 0 Å². The number of hydrogen-bond acceptors (Lipinski definition) is 3. The number of hydrogen-bond donors (Lipinski definition) is 1. The van der Waals surface area contributed by atoms with Crippen LogP contribution in [0.4, 0.5) is 8.78 Å². The van der Waals surface area contributed by atoms with Crippen molar-refractivity contribution >= 4 is 5.71 Å². The summed E-state index contributed by atoms with van der Waals surface area (Å²) in [5.41, 5.74) is 0.156. The summed E-state index contributed by atoms with van der Waals surface area (Å²) in [6, 6.07) is 3.09. The van der Waals surface area contributed by atoms with Crippen LogP contribution in [0.5, 0.6) is 0 Å². The Labute approximate surface area is 95.8 Å². The molecule has 2 aromatic rings. The van der Waals surface area contributed by atoms with Gasteiger partial charge >= 0.3 is 0 Å². The minimum absolute atomic E-state index is 0.0580. The second kappa shape index (κ2) is 4.73. The summed E-state index contributed by atoms with van der Waals surface area (Å²) in [5.74, 6) is -1.44. The molecule has 0 aliphatic heterocycles. The molecule has 0 saturated heterocycles. The number of nitrogens with zero attached hydrogens (tertiary/aromatic N) is 3. The third-order valence-corrected chi connectivity index (χ3v) is 2.25. The van der Waals surface area contributed by atoms with Crippen LogP contribution in [0.3, 0.4) is 0 Å². The zero-order valence-electron chi connectivity index (χ0n) is 8.72. The number of aromatic nitrogens is 2. The summed E-state index contributed by atoms with van der Waals surface area (Å²) in [6.45, 7) is 0.152. The Kier molecular flexibility index (Phi) is 3.13. The standard InChI is InChI=1S/C11H9F2N3O/c12-8-1-2-9(10(13)5-8)11(15-17)6-16-4-3-14-7-16/h1-5,7,17H,6H2. The number of rotatable bonds is 3. The zero-order chi connectivity index (χ0) is 12.3. The van der Waals surface area contributed by atoms with E-state index < -0.39 is 11.6 Å². The Morgan fingerprint density at radius 3 is 2.82 bits per heavy atom. The Morgan fingerprint density at radius 1 is 1.41 bits per heavy atom. The van der Waals surface area contributed by atoms with E-state index in [9.17, 15) is 8.78 Å². The molecule has 1 heterocycles. The van der Waals surface area contributed by atoms with Crippen LogP contribution in [0.1, 0.15) is 5.56 Å². The highest BCUT2D eigenvalue weighted by molar-refractivity contribution is 6.00. The van der Waals surface area contributed by atoms with E-state index in [0.717, 1.165) is 12.1 Å². The molecular weight excluding hydrogens is 228 g/mol. The lowest BCUT2D eigenvalue weighted by molar-refractivity contribution is 0.317. The maximum Gasteiger partial charge on any atom is 0.135 e. The predicted octanol–water partition coefficient (Wildman–Crippen LogP) is 2.04. The lowest BCUT2D eigenvalue weighted by atomic mass is 10.1. The highest BCUT2D eigenvalue weighted by atomic mass is 19.1. The number of oxime groups is 1. The largest absolute Gasteiger partial charge is 0.411 e. The van der Waals surface area contributed by atoms with Gasteiger partial charge in [0.1, 0.15) is 17.3 Å². The van der Waals surface area contributed by atoms with Crippen molar-refractivity contribution in [3.05, 3.63) is 54.1 Å². The van der Waals surface area contributed by atoms with Crippen molar-refractivity contribution in [3.63, 3.8) is 0 Å². The van der Waals surface area contributed by atoms with Crippen LogP contribution < -0.4 is 0 Å². The van der Waals surface area contributed by atoms with Gasteiger partial charge in [0.05, 0.1) is 12.9 Å². The number of benzene rings is 1. The molecule has 6 heteroatoms. The first-order chi connectivity index (χ1) is 8.20. The monoisotopic (exact) mass is 237 g/mol. The molecule has 0 radical (unpaired) electrons. The van der Waals surface area contributed by atoms with Gasteiger partial charge in [0.25, 0.3) is 0 Å². The van der Waals surface area contributed by atoms with E-state index in [1.165, 1.54) is 12.4 Å². The van der Waals surface area contributed by atoms with Crippen LogP contribution in [0, 0.1) is 11.6 Å². The third kappa shape index (κ3) is 2.47. The molecule has 2 rings (SSSR count). The van der Waals surface area contributed by atoms with Gasteiger partial charge < -0.3 is 9.77 Å². The summed E-state index contributed by atoms with van der Waals surface area (Å²) < 4.78 is 27.8. The molecule has 0 saturated carbocycles. The molecule has 0 unspecified atom stereocenters. The molecule has 0 fully saturated rings. The summed E-state index contributed by atoms with van der Waals surface area (Å²) in [4.78, 5) is 3.81. The van der Waals surface area contributed by atoms with Crippen LogP contribution in [-0.2, 0) is 6.54 Å². The van der Waals surface area contributed by atoms with Crippen molar-refractivity contribution in [1.82, 2.24) is 9.55 Å². The highest BCUT2D eigenvalue weighted by Gasteiger charge is 2.11. The smallest absolute Gasteiger partial charge is 0.135 e. The van der Waals surface area contributed by atoms with Crippen molar-refractivity contribution in [1.29, 1.82) is 0 Å². The first kappa shape index (κ1) is 11.3. The maximum atomic E-state index is 13.5. The van der Waals surface area contributed by atoms with Crippen LogP contribution in [0.2, 0.25) is 0 Å². The van der Waals surface area contributed by atoms with Gasteiger partial charge in [-0.25, -0.2) is 13.8 Å². The summed E-state index contributed by atoms with van der Waals surface area (Å²) >= 11 is 0. The van der Waals surface area contributed by atoms with Gasteiger partial charge in [0, 0.05) is 24.0 Å². The van der Waals surface area contributed by atoms with E-state index in [4.69, 9.17) is 5.21 Å². The van der Waals surface area contributed by atoms with Gasteiger partial charge in [-0.15, -0.1) is 0 Å². The lowest BCUT2D eigenvalue weighted by Crippen LogP contribution is -2.12. The fraction of sp³-hybridized carbons (Fsp3) is 0.0909. The molecule has 0 aliphatic carbocycles. The molecule has 1 aromatic heterocycles. The molecule has 4 nitrogen and oxygen atoms in total. The van der Waals surface area contributed by atoms with E-state index in [1.54, 1.807) is 17.0 Å². The first-order valence-corrected chi connectivity index (χ1v) is 4.83. The van der Waals surface area contributed by atoms with Crippen LogP contribution in [0.25, 0.3) is 0 Å². The van der Waals surface area contributed by atoms with Crippen LogP contribution in [0.15, 0.2) is 42.1 Å². The summed E-state index contributed by atoms with van der Waals surface area (Å²) in [6.07, 6.45) is 4.70. The van der Waals surface area contributed by atoms with Crippen molar-refractivity contribution < 1.29 is 14.0 Å². The average Bonchev–Trinajstić information content (AvgIpc) is 2.79. The average molecular weight is 237 g/mol. The molecule has 1 N–H and O–H groups in total. The van der Waals surface area contributed by atoms with Crippen LogP contribution >= 0.6 is 0 Å². The second-order valence-corrected chi connectivity index (χ2v) is 3.41. The van der Waals surface area contributed by atoms with Crippen molar-refractivity contribution in [3.8, 4) is 0 Å². The molecule has 0 amide bonds.